The highest BCUT2D eigenvalue weighted by Crippen LogP contribution is 2.36. The molecule has 3 rings (SSSR count). The Morgan fingerprint density at radius 1 is 1.33 bits per heavy atom. The lowest BCUT2D eigenvalue weighted by Gasteiger charge is -2.40. The summed E-state index contributed by atoms with van der Waals surface area (Å²) in [6.45, 7) is 9.81. The maximum atomic E-state index is 13.4. The van der Waals surface area contributed by atoms with Crippen molar-refractivity contribution in [1.82, 2.24) is 20.1 Å². The fourth-order valence-electron chi connectivity index (χ4n) is 4.63. The van der Waals surface area contributed by atoms with Gasteiger partial charge >= 0.3 is 6.03 Å². The molecule has 2 fully saturated rings. The quantitative estimate of drug-likeness (QED) is 0.636. The zero-order valence-corrected chi connectivity index (χ0v) is 19.4. The van der Waals surface area contributed by atoms with Crippen molar-refractivity contribution >= 4 is 29.2 Å². The van der Waals surface area contributed by atoms with Gasteiger partial charge in [-0.2, -0.15) is 0 Å². The third-order valence-electron chi connectivity index (χ3n) is 6.93. The number of hydrogen-bond acceptors (Lipinski definition) is 5. The van der Waals surface area contributed by atoms with Gasteiger partial charge in [0.2, 0.25) is 5.91 Å². The van der Waals surface area contributed by atoms with Gasteiger partial charge in [0, 0.05) is 37.4 Å². The second-order valence-corrected chi connectivity index (χ2v) is 9.63. The molecular weight excluding hydrogens is 400 g/mol. The summed E-state index contributed by atoms with van der Waals surface area (Å²) in [5, 5.41) is 3.04. The summed E-state index contributed by atoms with van der Waals surface area (Å²) in [4.78, 5) is 47.2. The number of nitrogens with one attached hydrogen (secondary N) is 1. The molecule has 30 heavy (non-hydrogen) atoms. The Morgan fingerprint density at radius 3 is 2.60 bits per heavy atom. The highest BCUT2D eigenvalue weighted by Gasteiger charge is 2.54. The van der Waals surface area contributed by atoms with Crippen LogP contribution in [-0.4, -0.2) is 57.8 Å². The first-order chi connectivity index (χ1) is 14.3. The Hall–Kier alpha value is -1.96. The fourth-order valence-corrected chi connectivity index (χ4v) is 5.40. The van der Waals surface area contributed by atoms with Crippen LogP contribution in [0.4, 0.5) is 4.79 Å². The fraction of sp³-hybridized carbons (Fsp3) is 0.727. The number of aryl methyl sites for hydroxylation is 1. The Labute approximate surface area is 183 Å². The van der Waals surface area contributed by atoms with Crippen molar-refractivity contribution in [1.29, 1.82) is 0 Å². The van der Waals surface area contributed by atoms with Crippen molar-refractivity contribution < 1.29 is 14.4 Å². The summed E-state index contributed by atoms with van der Waals surface area (Å²) in [5.74, 6) is 0.545. The normalized spacial score (nSPS) is 23.7. The molecule has 2 aliphatic heterocycles. The maximum absolute atomic E-state index is 13.4. The molecule has 2 atom stereocenters. The van der Waals surface area contributed by atoms with Gasteiger partial charge in [-0.25, -0.2) is 9.78 Å². The zero-order chi connectivity index (χ0) is 21.9. The predicted octanol–water partition coefficient (Wildman–Crippen LogP) is 3.37. The number of aromatic nitrogens is 1. The molecule has 1 aromatic heterocycles. The van der Waals surface area contributed by atoms with Crippen LogP contribution < -0.4 is 5.32 Å². The number of amides is 4. The number of piperidine rings is 1. The lowest BCUT2D eigenvalue weighted by atomic mass is 9.75. The van der Waals surface area contributed by atoms with E-state index in [1.807, 2.05) is 18.7 Å². The monoisotopic (exact) mass is 434 g/mol. The van der Waals surface area contributed by atoms with Crippen LogP contribution in [0.5, 0.6) is 0 Å². The van der Waals surface area contributed by atoms with E-state index in [-0.39, 0.29) is 23.8 Å². The first kappa shape index (κ1) is 22.7. The lowest BCUT2D eigenvalue weighted by molar-refractivity contribution is -0.136. The average Bonchev–Trinajstić information content (AvgIpc) is 3.26. The molecule has 0 saturated carbocycles. The van der Waals surface area contributed by atoms with Gasteiger partial charge in [0.1, 0.15) is 5.54 Å². The molecule has 0 unspecified atom stereocenters. The third-order valence-corrected chi connectivity index (χ3v) is 7.93. The van der Waals surface area contributed by atoms with E-state index in [0.717, 1.165) is 29.8 Å². The highest BCUT2D eigenvalue weighted by molar-refractivity contribution is 7.09. The topological polar surface area (TPSA) is 82.6 Å². The van der Waals surface area contributed by atoms with E-state index in [4.69, 9.17) is 0 Å². The molecule has 7 nitrogen and oxygen atoms in total. The number of carbonyl (C=O) groups is 3. The number of thiazole rings is 1. The van der Waals surface area contributed by atoms with Crippen LogP contribution in [0, 0.1) is 18.8 Å². The number of rotatable bonds is 8. The number of imide groups is 1. The van der Waals surface area contributed by atoms with Crippen molar-refractivity contribution in [3.8, 4) is 0 Å². The number of nitrogens with zero attached hydrogens (tertiary/aromatic N) is 3. The Morgan fingerprint density at radius 2 is 2.03 bits per heavy atom. The number of hydrogen-bond donors (Lipinski definition) is 1. The molecule has 0 radical (unpaired) electrons. The van der Waals surface area contributed by atoms with Crippen molar-refractivity contribution in [2.45, 2.75) is 71.8 Å². The van der Waals surface area contributed by atoms with Crippen LogP contribution in [0.1, 0.15) is 63.4 Å². The first-order valence-corrected chi connectivity index (χ1v) is 12.0. The molecule has 2 saturated heterocycles. The van der Waals surface area contributed by atoms with Gasteiger partial charge in [0.15, 0.2) is 0 Å². The largest absolute Gasteiger partial charge is 0.343 e. The minimum absolute atomic E-state index is 0.0572. The molecule has 4 amide bonds. The maximum Gasteiger partial charge on any atom is 0.325 e. The summed E-state index contributed by atoms with van der Waals surface area (Å²) < 4.78 is 0. The van der Waals surface area contributed by atoms with Crippen LogP contribution >= 0.6 is 11.3 Å². The summed E-state index contributed by atoms with van der Waals surface area (Å²) >= 11 is 1.56. The SMILES string of the molecule is CC[C@@H](C)CC(=O)N1CCC([C@]2(CC)NC(=O)N(CCc3scnc3C)C2=O)CC1. The molecule has 0 aliphatic carbocycles. The smallest absolute Gasteiger partial charge is 0.325 e. The van der Waals surface area contributed by atoms with E-state index in [1.165, 1.54) is 4.90 Å². The van der Waals surface area contributed by atoms with Gasteiger partial charge in [-0.3, -0.25) is 14.5 Å². The van der Waals surface area contributed by atoms with Gasteiger partial charge in [0.05, 0.1) is 11.2 Å². The van der Waals surface area contributed by atoms with E-state index in [9.17, 15) is 14.4 Å². The van der Waals surface area contributed by atoms with Gasteiger partial charge in [-0.05, 0) is 38.0 Å². The van der Waals surface area contributed by atoms with Crippen LogP contribution in [0.3, 0.4) is 0 Å². The Bertz CT molecular complexity index is 787. The molecule has 0 spiro atoms. The highest BCUT2D eigenvalue weighted by atomic mass is 32.1. The minimum Gasteiger partial charge on any atom is -0.343 e. The van der Waals surface area contributed by atoms with Crippen LogP contribution in [-0.2, 0) is 16.0 Å². The van der Waals surface area contributed by atoms with Gasteiger partial charge in [0.25, 0.3) is 5.91 Å². The average molecular weight is 435 g/mol. The third kappa shape index (κ3) is 4.38. The number of urea groups is 1. The molecule has 1 N–H and O–H groups in total. The van der Waals surface area contributed by atoms with Gasteiger partial charge in [-0.15, -0.1) is 11.3 Å². The Kier molecular flexibility index (Phi) is 7.16. The summed E-state index contributed by atoms with van der Waals surface area (Å²) in [6, 6.07) is -0.292. The molecular formula is C22H34N4O3S. The summed E-state index contributed by atoms with van der Waals surface area (Å²) in [5.41, 5.74) is 1.91. The van der Waals surface area contributed by atoms with Crippen LogP contribution in [0.15, 0.2) is 5.51 Å². The van der Waals surface area contributed by atoms with Crippen molar-refractivity contribution in [3.05, 3.63) is 16.1 Å². The van der Waals surface area contributed by atoms with Crippen LogP contribution in [0.25, 0.3) is 0 Å². The molecule has 1 aromatic rings. The Balaban J connectivity index is 1.63. The van der Waals surface area contributed by atoms with Gasteiger partial charge in [-0.1, -0.05) is 27.2 Å². The standard InChI is InChI=1S/C22H34N4O3S/c1-5-15(3)13-19(27)25-10-7-17(8-11-25)22(6-2)20(28)26(21(29)24-22)12-9-18-16(4)23-14-30-18/h14-15,17H,5-13H2,1-4H3,(H,24,29)/t15-,22+/m1/s1. The predicted molar refractivity (Wildman–Crippen MR) is 117 cm³/mol. The summed E-state index contributed by atoms with van der Waals surface area (Å²) in [7, 11) is 0. The van der Waals surface area contributed by atoms with E-state index in [1.54, 1.807) is 16.8 Å². The van der Waals surface area contributed by atoms with Gasteiger partial charge < -0.3 is 10.2 Å². The molecule has 3 heterocycles. The van der Waals surface area contributed by atoms with Crippen molar-refractivity contribution in [2.24, 2.45) is 11.8 Å². The van der Waals surface area contributed by atoms with Crippen LogP contribution in [0.2, 0.25) is 0 Å². The zero-order valence-electron chi connectivity index (χ0n) is 18.6. The van der Waals surface area contributed by atoms with Crippen molar-refractivity contribution in [2.75, 3.05) is 19.6 Å². The molecule has 8 heteroatoms. The number of likely N-dealkylation sites (tertiary alicyclic amines) is 1. The van der Waals surface area contributed by atoms with Crippen molar-refractivity contribution in [3.63, 3.8) is 0 Å². The van der Waals surface area contributed by atoms with E-state index < -0.39 is 5.54 Å². The molecule has 0 aromatic carbocycles. The van der Waals surface area contributed by atoms with E-state index >= 15 is 0 Å². The lowest BCUT2D eigenvalue weighted by Crippen LogP contribution is -2.56. The molecule has 166 valence electrons. The molecule has 2 aliphatic rings. The van der Waals surface area contributed by atoms with E-state index in [0.29, 0.717) is 44.8 Å². The van der Waals surface area contributed by atoms with E-state index in [2.05, 4.69) is 24.1 Å². The summed E-state index contributed by atoms with van der Waals surface area (Å²) in [6.07, 6.45) is 4.28. The number of carbonyl (C=O) groups excluding carboxylic acids is 3. The second-order valence-electron chi connectivity index (χ2n) is 8.70. The second kappa shape index (κ2) is 9.45. The minimum atomic E-state index is -0.842. The first-order valence-electron chi connectivity index (χ1n) is 11.1. The molecule has 0 bridgehead atoms.